The number of carbonyl (C=O) groups is 2. The van der Waals surface area contributed by atoms with Gasteiger partial charge < -0.3 is 15.9 Å². The molecule has 1 aromatic heterocycles. The van der Waals surface area contributed by atoms with Crippen molar-refractivity contribution in [1.29, 1.82) is 0 Å². The number of aromatic carboxylic acids is 1. The standard InChI is InChI=1S/C9H10N2O4S2/c10-6(9(14)15)4-16-17-7-5(8(12)13)2-1-3-11-7/h1-3,6H,4,10H2,(H,12,13)(H,14,15)/t6-/m0/s1. The molecule has 0 fully saturated rings. The van der Waals surface area contributed by atoms with Crippen molar-refractivity contribution in [3.63, 3.8) is 0 Å². The van der Waals surface area contributed by atoms with E-state index in [-0.39, 0.29) is 11.3 Å². The van der Waals surface area contributed by atoms with E-state index in [1.165, 1.54) is 18.3 Å². The van der Waals surface area contributed by atoms with Crippen molar-refractivity contribution in [2.75, 3.05) is 5.75 Å². The van der Waals surface area contributed by atoms with Gasteiger partial charge in [-0.15, -0.1) is 0 Å². The number of carboxylic acids is 2. The van der Waals surface area contributed by atoms with E-state index in [4.69, 9.17) is 15.9 Å². The van der Waals surface area contributed by atoms with Gasteiger partial charge in [0.15, 0.2) is 0 Å². The molecule has 0 aromatic carbocycles. The summed E-state index contributed by atoms with van der Waals surface area (Å²) in [4.78, 5) is 25.2. The third kappa shape index (κ3) is 4.25. The lowest BCUT2D eigenvalue weighted by atomic mass is 10.3. The Morgan fingerprint density at radius 2 is 2.18 bits per heavy atom. The summed E-state index contributed by atoms with van der Waals surface area (Å²) in [5.41, 5.74) is 5.40. The summed E-state index contributed by atoms with van der Waals surface area (Å²) < 4.78 is 0. The van der Waals surface area contributed by atoms with Crippen LogP contribution in [0.2, 0.25) is 0 Å². The number of hydrogen-bond donors (Lipinski definition) is 3. The maximum atomic E-state index is 10.8. The van der Waals surface area contributed by atoms with E-state index in [2.05, 4.69) is 4.98 Å². The van der Waals surface area contributed by atoms with Gasteiger partial charge in [0, 0.05) is 11.9 Å². The fraction of sp³-hybridized carbons (Fsp3) is 0.222. The van der Waals surface area contributed by atoms with E-state index < -0.39 is 18.0 Å². The van der Waals surface area contributed by atoms with Gasteiger partial charge in [0.25, 0.3) is 0 Å². The number of nitrogens with zero attached hydrogens (tertiary/aromatic N) is 1. The minimum atomic E-state index is -1.09. The summed E-state index contributed by atoms with van der Waals surface area (Å²) in [5.74, 6) is -1.98. The molecule has 8 heteroatoms. The molecule has 92 valence electrons. The average molecular weight is 274 g/mol. The van der Waals surface area contributed by atoms with Crippen molar-refractivity contribution < 1.29 is 19.8 Å². The third-order valence-electron chi connectivity index (χ3n) is 1.70. The van der Waals surface area contributed by atoms with Gasteiger partial charge in [-0.2, -0.15) is 0 Å². The monoisotopic (exact) mass is 274 g/mol. The average Bonchev–Trinajstić information content (AvgIpc) is 2.29. The molecule has 4 N–H and O–H groups in total. The van der Waals surface area contributed by atoms with Crippen LogP contribution in [0.15, 0.2) is 23.4 Å². The van der Waals surface area contributed by atoms with Crippen LogP contribution >= 0.6 is 21.6 Å². The van der Waals surface area contributed by atoms with E-state index >= 15 is 0 Å². The van der Waals surface area contributed by atoms with E-state index in [0.29, 0.717) is 5.03 Å². The predicted octanol–water partition coefficient (Wildman–Crippen LogP) is 0.932. The van der Waals surface area contributed by atoms with Crippen LogP contribution < -0.4 is 5.73 Å². The number of rotatable bonds is 6. The van der Waals surface area contributed by atoms with Crippen molar-refractivity contribution >= 4 is 33.5 Å². The molecule has 0 aliphatic rings. The topological polar surface area (TPSA) is 114 Å². The van der Waals surface area contributed by atoms with Crippen LogP contribution in [0.25, 0.3) is 0 Å². The summed E-state index contributed by atoms with van der Waals surface area (Å²) in [6.07, 6.45) is 1.48. The van der Waals surface area contributed by atoms with Crippen LogP contribution in [-0.2, 0) is 4.79 Å². The number of hydrogen-bond acceptors (Lipinski definition) is 6. The molecule has 0 bridgehead atoms. The molecule has 0 aliphatic heterocycles. The van der Waals surface area contributed by atoms with Crippen molar-refractivity contribution in [1.82, 2.24) is 4.98 Å². The molecule has 0 unspecified atom stereocenters. The minimum absolute atomic E-state index is 0.0916. The van der Waals surface area contributed by atoms with Crippen LogP contribution in [0.3, 0.4) is 0 Å². The minimum Gasteiger partial charge on any atom is -0.480 e. The zero-order chi connectivity index (χ0) is 12.8. The molecule has 0 aliphatic carbocycles. The predicted molar refractivity (Wildman–Crippen MR) is 65.1 cm³/mol. The molecular weight excluding hydrogens is 264 g/mol. The van der Waals surface area contributed by atoms with Gasteiger partial charge in [-0.25, -0.2) is 9.78 Å². The van der Waals surface area contributed by atoms with E-state index in [1.807, 2.05) is 0 Å². The lowest BCUT2D eigenvalue weighted by Crippen LogP contribution is -2.32. The van der Waals surface area contributed by atoms with Crippen molar-refractivity contribution in [2.45, 2.75) is 11.1 Å². The largest absolute Gasteiger partial charge is 0.480 e. The number of carboxylic acid groups (broad SMARTS) is 2. The van der Waals surface area contributed by atoms with E-state index in [0.717, 1.165) is 21.6 Å². The maximum Gasteiger partial charge on any atom is 0.338 e. The fourth-order valence-electron chi connectivity index (χ4n) is 0.854. The molecule has 0 radical (unpaired) electrons. The fourth-order valence-corrected chi connectivity index (χ4v) is 3.05. The van der Waals surface area contributed by atoms with E-state index in [9.17, 15) is 9.59 Å². The number of aliphatic carboxylic acids is 1. The van der Waals surface area contributed by atoms with Crippen LogP contribution in [0.4, 0.5) is 0 Å². The van der Waals surface area contributed by atoms with Gasteiger partial charge >= 0.3 is 11.9 Å². The number of nitrogens with two attached hydrogens (primary N) is 1. The Morgan fingerprint density at radius 1 is 1.47 bits per heavy atom. The summed E-state index contributed by atoms with van der Waals surface area (Å²) in [7, 11) is 2.26. The third-order valence-corrected chi connectivity index (χ3v) is 4.04. The van der Waals surface area contributed by atoms with Gasteiger partial charge in [0.1, 0.15) is 11.1 Å². The van der Waals surface area contributed by atoms with Crippen molar-refractivity contribution in [3.8, 4) is 0 Å². The SMILES string of the molecule is N[C@@H](CSSc1ncccc1C(=O)O)C(=O)O. The Kier molecular flexibility index (Phi) is 5.26. The van der Waals surface area contributed by atoms with Crippen LogP contribution in [0, 0.1) is 0 Å². The van der Waals surface area contributed by atoms with Gasteiger partial charge in [-0.05, 0) is 22.9 Å². The second-order valence-corrected chi connectivity index (χ2v) is 5.30. The molecule has 6 nitrogen and oxygen atoms in total. The molecule has 0 saturated heterocycles. The maximum absolute atomic E-state index is 10.8. The smallest absolute Gasteiger partial charge is 0.338 e. The Balaban J connectivity index is 2.58. The van der Waals surface area contributed by atoms with Crippen LogP contribution in [0.5, 0.6) is 0 Å². The highest BCUT2D eigenvalue weighted by Gasteiger charge is 2.14. The zero-order valence-corrected chi connectivity index (χ0v) is 10.2. The first-order valence-corrected chi connectivity index (χ1v) is 6.80. The highest BCUT2D eigenvalue weighted by atomic mass is 33.1. The molecule has 1 aromatic rings. The summed E-state index contributed by atoms with van der Waals surface area (Å²) in [6.45, 7) is 0. The lowest BCUT2D eigenvalue weighted by molar-refractivity contribution is -0.137. The van der Waals surface area contributed by atoms with Gasteiger partial charge in [0.05, 0.1) is 5.56 Å². The first-order chi connectivity index (χ1) is 8.02. The van der Waals surface area contributed by atoms with Gasteiger partial charge in [-0.3, -0.25) is 4.79 Å². The van der Waals surface area contributed by atoms with Gasteiger partial charge in [-0.1, -0.05) is 10.8 Å². The molecule has 0 amide bonds. The second-order valence-electron chi connectivity index (χ2n) is 2.97. The molecule has 1 heterocycles. The molecule has 17 heavy (non-hydrogen) atoms. The number of aromatic nitrogens is 1. The Labute approximate surface area is 105 Å². The molecule has 1 atom stereocenters. The molecule has 1 rings (SSSR count). The molecular formula is C9H10N2O4S2. The van der Waals surface area contributed by atoms with Crippen LogP contribution in [0.1, 0.15) is 10.4 Å². The lowest BCUT2D eigenvalue weighted by Gasteiger charge is -2.06. The van der Waals surface area contributed by atoms with Crippen molar-refractivity contribution in [2.24, 2.45) is 5.73 Å². The zero-order valence-electron chi connectivity index (χ0n) is 8.57. The van der Waals surface area contributed by atoms with E-state index in [1.54, 1.807) is 0 Å². The van der Waals surface area contributed by atoms with Gasteiger partial charge in [0.2, 0.25) is 0 Å². The first kappa shape index (κ1) is 13.8. The summed E-state index contributed by atoms with van der Waals surface area (Å²) in [5, 5.41) is 17.8. The Morgan fingerprint density at radius 3 is 2.76 bits per heavy atom. The highest BCUT2D eigenvalue weighted by molar-refractivity contribution is 8.76. The quantitative estimate of drug-likeness (QED) is 0.656. The Hall–Kier alpha value is -1.25. The normalized spacial score (nSPS) is 12.1. The summed E-state index contributed by atoms with van der Waals surface area (Å²) in [6, 6.07) is 2.00. The van der Waals surface area contributed by atoms with Crippen LogP contribution in [-0.4, -0.2) is 38.9 Å². The first-order valence-electron chi connectivity index (χ1n) is 4.48. The highest BCUT2D eigenvalue weighted by Crippen LogP contribution is 2.31. The second kappa shape index (κ2) is 6.48. The molecule has 0 saturated carbocycles. The Bertz CT molecular complexity index is 427. The molecule has 0 spiro atoms. The summed E-state index contributed by atoms with van der Waals surface area (Å²) >= 11 is 0. The number of pyridine rings is 1. The van der Waals surface area contributed by atoms with Crippen molar-refractivity contribution in [3.05, 3.63) is 23.9 Å².